The second-order valence-electron chi connectivity index (χ2n) is 12.9. The smallest absolute Gasteiger partial charge is 0.138 e. The molecule has 0 atom stereocenters. The highest BCUT2D eigenvalue weighted by atomic mass is 15.1. The highest BCUT2D eigenvalue weighted by molar-refractivity contribution is 6.21. The van der Waals surface area contributed by atoms with Gasteiger partial charge >= 0.3 is 0 Å². The van der Waals surface area contributed by atoms with Crippen LogP contribution in [-0.2, 0) is 0 Å². The van der Waals surface area contributed by atoms with Crippen LogP contribution in [0.25, 0.3) is 93.9 Å². The summed E-state index contributed by atoms with van der Waals surface area (Å²) in [6.07, 6.45) is 1.91. The predicted octanol–water partition coefficient (Wildman–Crippen LogP) is 12.5. The quantitative estimate of drug-likeness (QED) is 0.174. The van der Waals surface area contributed by atoms with Gasteiger partial charge in [0.05, 0.1) is 22.4 Å². The maximum absolute atomic E-state index is 5.28. The number of rotatable bonds is 5. The molecule has 238 valence electrons. The van der Waals surface area contributed by atoms with Crippen LogP contribution in [0.3, 0.4) is 0 Å². The molecule has 0 aliphatic carbocycles. The molecule has 0 aliphatic rings. The van der Waals surface area contributed by atoms with E-state index in [1.807, 2.05) is 12.3 Å². The first kappa shape index (κ1) is 29.1. The van der Waals surface area contributed by atoms with Crippen molar-refractivity contribution in [3.63, 3.8) is 0 Å². The summed E-state index contributed by atoms with van der Waals surface area (Å²) in [5, 5.41) is 7.31. The van der Waals surface area contributed by atoms with E-state index in [1.165, 1.54) is 43.8 Å². The van der Waals surface area contributed by atoms with E-state index in [4.69, 9.17) is 9.97 Å². The van der Waals surface area contributed by atoms with Gasteiger partial charge in [-0.1, -0.05) is 158 Å². The second kappa shape index (κ2) is 11.9. The van der Waals surface area contributed by atoms with Gasteiger partial charge in [0, 0.05) is 28.1 Å². The van der Waals surface area contributed by atoms with Gasteiger partial charge < -0.3 is 0 Å². The number of aromatic nitrogens is 3. The summed E-state index contributed by atoms with van der Waals surface area (Å²) in [5.41, 5.74) is 11.2. The molecule has 10 rings (SSSR count). The lowest BCUT2D eigenvalue weighted by Crippen LogP contribution is -1.98. The Kier molecular flexibility index (Phi) is 6.81. The van der Waals surface area contributed by atoms with Crippen LogP contribution in [0.1, 0.15) is 0 Å². The predicted molar refractivity (Wildman–Crippen MR) is 213 cm³/mol. The van der Waals surface area contributed by atoms with E-state index < -0.39 is 0 Å². The van der Waals surface area contributed by atoms with Crippen molar-refractivity contribution in [1.82, 2.24) is 14.5 Å². The average Bonchev–Trinajstić information content (AvgIpc) is 3.55. The Balaban J connectivity index is 1.11. The molecule has 0 radical (unpaired) electrons. The maximum Gasteiger partial charge on any atom is 0.138 e. The molecule has 0 aliphatic heterocycles. The highest BCUT2D eigenvalue weighted by Gasteiger charge is 2.19. The van der Waals surface area contributed by atoms with Gasteiger partial charge in [0.1, 0.15) is 5.82 Å². The summed E-state index contributed by atoms with van der Waals surface area (Å²) >= 11 is 0. The van der Waals surface area contributed by atoms with E-state index in [0.29, 0.717) is 0 Å². The van der Waals surface area contributed by atoms with E-state index in [1.54, 1.807) is 0 Å². The number of para-hydroxylation sites is 1. The van der Waals surface area contributed by atoms with Crippen LogP contribution in [0, 0.1) is 0 Å². The molecular formula is C48H31N3. The fourth-order valence-corrected chi connectivity index (χ4v) is 7.85. The van der Waals surface area contributed by atoms with Gasteiger partial charge in [0.15, 0.2) is 0 Å². The van der Waals surface area contributed by atoms with E-state index in [2.05, 4.69) is 180 Å². The van der Waals surface area contributed by atoms with Gasteiger partial charge in [0.25, 0.3) is 0 Å². The van der Waals surface area contributed by atoms with Crippen LogP contribution in [-0.4, -0.2) is 14.5 Å². The lowest BCUT2D eigenvalue weighted by atomic mass is 9.86. The molecule has 3 nitrogen and oxygen atoms in total. The molecule has 0 N–H and O–H groups in total. The minimum Gasteiger partial charge on any atom is -0.294 e. The number of benzene rings is 7. The molecule has 51 heavy (non-hydrogen) atoms. The van der Waals surface area contributed by atoms with Crippen LogP contribution in [0.4, 0.5) is 0 Å². The van der Waals surface area contributed by atoms with Gasteiger partial charge in [-0.05, 0) is 68.1 Å². The first-order valence-corrected chi connectivity index (χ1v) is 17.3. The molecule has 10 aromatic rings. The fraction of sp³-hybridized carbons (Fsp3) is 0. The topological polar surface area (TPSA) is 30.7 Å². The number of hydrogen-bond donors (Lipinski definition) is 0. The van der Waals surface area contributed by atoms with E-state index in [-0.39, 0.29) is 0 Å². The van der Waals surface area contributed by atoms with Crippen molar-refractivity contribution in [2.75, 3.05) is 0 Å². The zero-order valence-electron chi connectivity index (χ0n) is 27.7. The van der Waals surface area contributed by atoms with E-state index in [9.17, 15) is 0 Å². The maximum atomic E-state index is 5.28. The van der Waals surface area contributed by atoms with Crippen molar-refractivity contribution in [2.45, 2.75) is 0 Å². The number of nitrogens with zero attached hydrogens (tertiary/aromatic N) is 3. The first-order valence-electron chi connectivity index (χ1n) is 17.3. The minimum atomic E-state index is 0.876. The molecule has 0 saturated carbocycles. The number of hydrogen-bond acceptors (Lipinski definition) is 2. The Hall–Kier alpha value is -6.84. The summed E-state index contributed by atoms with van der Waals surface area (Å²) in [6.45, 7) is 0. The van der Waals surface area contributed by atoms with Crippen LogP contribution in [0.2, 0.25) is 0 Å². The standard InChI is InChI=1S/C48H31N3/c1-3-14-33(15-4-1)45-36-18-7-9-20-38(36)46(39-21-10-8-19-37(39)45)34-28-26-32(27-29-34)41-23-13-25-44(50-41)51-42-24-12-11-22-40(42)47-43(51)30-31-49-48(47)35-16-5-2-6-17-35/h1-31H. The summed E-state index contributed by atoms with van der Waals surface area (Å²) in [6, 6.07) is 64.6. The zero-order chi connectivity index (χ0) is 33.7. The summed E-state index contributed by atoms with van der Waals surface area (Å²) in [5.74, 6) is 0.876. The fourth-order valence-electron chi connectivity index (χ4n) is 7.85. The molecule has 3 heteroatoms. The molecule has 0 saturated heterocycles. The van der Waals surface area contributed by atoms with Crippen LogP contribution < -0.4 is 0 Å². The highest BCUT2D eigenvalue weighted by Crippen LogP contribution is 2.44. The Morgan fingerprint density at radius 1 is 0.353 bits per heavy atom. The monoisotopic (exact) mass is 649 g/mol. The lowest BCUT2D eigenvalue weighted by molar-refractivity contribution is 1.08. The Morgan fingerprint density at radius 2 is 0.863 bits per heavy atom. The van der Waals surface area contributed by atoms with Crippen molar-refractivity contribution in [3.05, 3.63) is 188 Å². The third kappa shape index (κ3) is 4.74. The van der Waals surface area contributed by atoms with Crippen molar-refractivity contribution >= 4 is 43.4 Å². The normalized spacial score (nSPS) is 11.5. The largest absolute Gasteiger partial charge is 0.294 e. The molecule has 3 aromatic heterocycles. The number of fused-ring (bicyclic) bond motifs is 5. The Labute approximate surface area is 295 Å². The van der Waals surface area contributed by atoms with Crippen LogP contribution in [0.5, 0.6) is 0 Å². The van der Waals surface area contributed by atoms with E-state index >= 15 is 0 Å². The molecule has 0 fully saturated rings. The summed E-state index contributed by atoms with van der Waals surface area (Å²) in [7, 11) is 0. The van der Waals surface area contributed by atoms with Gasteiger partial charge in [0.2, 0.25) is 0 Å². The van der Waals surface area contributed by atoms with Gasteiger partial charge in [-0.15, -0.1) is 0 Å². The molecule has 0 spiro atoms. The minimum absolute atomic E-state index is 0.876. The Morgan fingerprint density at radius 3 is 1.49 bits per heavy atom. The van der Waals surface area contributed by atoms with Crippen molar-refractivity contribution in [1.29, 1.82) is 0 Å². The third-order valence-corrected chi connectivity index (χ3v) is 10.1. The van der Waals surface area contributed by atoms with Crippen LogP contribution in [0.15, 0.2) is 188 Å². The molecule has 0 amide bonds. The van der Waals surface area contributed by atoms with Crippen molar-refractivity contribution in [2.24, 2.45) is 0 Å². The first-order chi connectivity index (χ1) is 25.3. The van der Waals surface area contributed by atoms with Crippen LogP contribution >= 0.6 is 0 Å². The molecule has 7 aromatic carbocycles. The average molecular weight is 650 g/mol. The van der Waals surface area contributed by atoms with Gasteiger partial charge in [-0.3, -0.25) is 9.55 Å². The Bertz CT molecular complexity index is 2830. The lowest BCUT2D eigenvalue weighted by Gasteiger charge is -2.18. The zero-order valence-corrected chi connectivity index (χ0v) is 27.7. The molecule has 3 heterocycles. The summed E-state index contributed by atoms with van der Waals surface area (Å²) < 4.78 is 2.27. The van der Waals surface area contributed by atoms with Crippen molar-refractivity contribution < 1.29 is 0 Å². The summed E-state index contributed by atoms with van der Waals surface area (Å²) in [4.78, 5) is 10.1. The molecular weight excluding hydrogens is 619 g/mol. The number of pyridine rings is 2. The third-order valence-electron chi connectivity index (χ3n) is 10.1. The molecule has 0 bridgehead atoms. The van der Waals surface area contributed by atoms with E-state index in [0.717, 1.165) is 50.1 Å². The van der Waals surface area contributed by atoms with Gasteiger partial charge in [-0.2, -0.15) is 0 Å². The molecule has 0 unspecified atom stereocenters. The SMILES string of the molecule is c1ccc(-c2c3ccccc3c(-c3ccc(-c4cccc(-n5c6ccccc6c6c(-c7ccccc7)nccc65)n4)cc3)c3ccccc23)cc1. The second-order valence-corrected chi connectivity index (χ2v) is 12.9. The van der Waals surface area contributed by atoms with Crippen molar-refractivity contribution in [3.8, 4) is 50.6 Å². The van der Waals surface area contributed by atoms with Gasteiger partial charge in [-0.25, -0.2) is 4.98 Å².